The summed E-state index contributed by atoms with van der Waals surface area (Å²) < 4.78 is 0. The first-order chi connectivity index (χ1) is 8.08. The number of carboxylic acid groups (broad SMARTS) is 1. The summed E-state index contributed by atoms with van der Waals surface area (Å²) in [5, 5.41) is 9.45. The van der Waals surface area contributed by atoms with E-state index in [4.69, 9.17) is 11.5 Å². The summed E-state index contributed by atoms with van der Waals surface area (Å²) in [5.41, 5.74) is 12.2. The predicted molar refractivity (Wildman–Crippen MR) is 66.4 cm³/mol. The van der Waals surface area contributed by atoms with E-state index in [1.165, 1.54) is 0 Å². The Bertz CT molecular complexity index is 412. The molecule has 1 aromatic carbocycles. The molecule has 17 heavy (non-hydrogen) atoms. The third kappa shape index (κ3) is 2.26. The molecule has 0 aromatic heterocycles. The van der Waals surface area contributed by atoms with Gasteiger partial charge in [0, 0.05) is 12.2 Å². The van der Waals surface area contributed by atoms with E-state index < -0.39 is 11.4 Å². The zero-order valence-corrected chi connectivity index (χ0v) is 9.73. The lowest BCUT2D eigenvalue weighted by molar-refractivity contribution is -0.149. The number of rotatable bonds is 5. The van der Waals surface area contributed by atoms with Crippen LogP contribution in [-0.2, 0) is 11.2 Å². The number of benzene rings is 1. The van der Waals surface area contributed by atoms with E-state index in [2.05, 4.69) is 0 Å². The van der Waals surface area contributed by atoms with Gasteiger partial charge in [0.15, 0.2) is 0 Å². The fourth-order valence-corrected chi connectivity index (χ4v) is 2.36. The molecule has 1 aromatic rings. The van der Waals surface area contributed by atoms with Crippen molar-refractivity contribution in [2.45, 2.75) is 19.3 Å². The predicted octanol–water partition coefficient (Wildman–Crippen LogP) is 1.25. The molecular weight excluding hydrogens is 216 g/mol. The van der Waals surface area contributed by atoms with Gasteiger partial charge in [-0.15, -0.1) is 0 Å². The number of carbonyl (C=O) groups is 1. The van der Waals surface area contributed by atoms with Gasteiger partial charge in [-0.05, 0) is 42.9 Å². The first kappa shape index (κ1) is 11.9. The van der Waals surface area contributed by atoms with Crippen molar-refractivity contribution in [3.8, 4) is 0 Å². The molecule has 1 saturated carbocycles. The molecular formula is C13H18N2O2. The van der Waals surface area contributed by atoms with Gasteiger partial charge in [0.05, 0.1) is 5.41 Å². The van der Waals surface area contributed by atoms with Gasteiger partial charge < -0.3 is 16.6 Å². The fraction of sp³-hybridized carbons (Fsp3) is 0.462. The maximum atomic E-state index is 11.5. The van der Waals surface area contributed by atoms with Crippen molar-refractivity contribution in [1.82, 2.24) is 0 Å². The van der Waals surface area contributed by atoms with Crippen LogP contribution in [0.4, 0.5) is 5.69 Å². The lowest BCUT2D eigenvalue weighted by atomic mass is 9.77. The molecule has 5 N–H and O–H groups in total. The highest BCUT2D eigenvalue weighted by Crippen LogP contribution is 2.47. The molecule has 4 heteroatoms. The molecule has 2 rings (SSSR count). The minimum atomic E-state index is -0.796. The van der Waals surface area contributed by atoms with Crippen molar-refractivity contribution < 1.29 is 9.90 Å². The molecule has 1 unspecified atom stereocenters. The molecule has 4 nitrogen and oxygen atoms in total. The van der Waals surface area contributed by atoms with E-state index in [0.717, 1.165) is 18.4 Å². The van der Waals surface area contributed by atoms with Gasteiger partial charge in [0.1, 0.15) is 0 Å². The first-order valence-electron chi connectivity index (χ1n) is 5.86. The van der Waals surface area contributed by atoms with Crippen LogP contribution >= 0.6 is 0 Å². The van der Waals surface area contributed by atoms with Crippen molar-refractivity contribution in [2.75, 3.05) is 12.3 Å². The Balaban J connectivity index is 2.23. The van der Waals surface area contributed by atoms with E-state index in [0.29, 0.717) is 12.1 Å². The second-order valence-corrected chi connectivity index (χ2v) is 4.86. The molecule has 0 heterocycles. The highest BCUT2D eigenvalue weighted by molar-refractivity contribution is 5.76. The Hall–Kier alpha value is -1.55. The summed E-state index contributed by atoms with van der Waals surface area (Å²) in [4.78, 5) is 11.5. The first-order valence-corrected chi connectivity index (χ1v) is 5.86. The topological polar surface area (TPSA) is 89.3 Å². The van der Waals surface area contributed by atoms with Crippen LogP contribution in [0.5, 0.6) is 0 Å². The number of hydrogen-bond donors (Lipinski definition) is 3. The molecule has 1 fully saturated rings. The average Bonchev–Trinajstić information content (AvgIpc) is 3.12. The number of nitrogens with two attached hydrogens (primary N) is 2. The van der Waals surface area contributed by atoms with E-state index in [1.54, 1.807) is 12.1 Å². The molecule has 1 aliphatic rings. The quantitative estimate of drug-likeness (QED) is 0.669. The van der Waals surface area contributed by atoms with Gasteiger partial charge in [-0.3, -0.25) is 4.79 Å². The second kappa shape index (κ2) is 4.37. The number of carboxylic acids is 1. The minimum Gasteiger partial charge on any atom is -0.481 e. The van der Waals surface area contributed by atoms with Gasteiger partial charge in [0.2, 0.25) is 0 Å². The zero-order chi connectivity index (χ0) is 12.5. The van der Waals surface area contributed by atoms with Crippen LogP contribution in [0.2, 0.25) is 0 Å². The Kier molecular flexibility index (Phi) is 3.07. The SMILES string of the molecule is NCC(Cc1ccc(N)cc1)(C(=O)O)C1CC1. The maximum Gasteiger partial charge on any atom is 0.311 e. The third-order valence-corrected chi connectivity index (χ3v) is 3.65. The van der Waals surface area contributed by atoms with E-state index in [1.807, 2.05) is 12.1 Å². The van der Waals surface area contributed by atoms with Crippen LogP contribution in [0, 0.1) is 11.3 Å². The minimum absolute atomic E-state index is 0.192. The maximum absolute atomic E-state index is 11.5. The standard InChI is InChI=1S/C13H18N2O2/c14-8-13(12(16)17,10-3-4-10)7-9-1-5-11(15)6-2-9/h1-2,5-6,10H,3-4,7-8,14-15H2,(H,16,17). The number of anilines is 1. The molecule has 1 aliphatic carbocycles. The van der Waals surface area contributed by atoms with Gasteiger partial charge in [-0.2, -0.15) is 0 Å². The van der Waals surface area contributed by atoms with Crippen LogP contribution in [0.15, 0.2) is 24.3 Å². The number of nitrogen functional groups attached to an aromatic ring is 1. The summed E-state index contributed by atoms with van der Waals surface area (Å²) in [5.74, 6) is -0.554. The molecule has 0 amide bonds. The Morgan fingerprint density at radius 3 is 2.35 bits per heavy atom. The third-order valence-electron chi connectivity index (χ3n) is 3.65. The summed E-state index contributed by atoms with van der Waals surface area (Å²) in [6.07, 6.45) is 2.43. The highest BCUT2D eigenvalue weighted by Gasteiger charge is 2.50. The van der Waals surface area contributed by atoms with E-state index in [9.17, 15) is 9.90 Å². The molecule has 0 aliphatic heterocycles. The lowest BCUT2D eigenvalue weighted by Crippen LogP contribution is -2.42. The largest absolute Gasteiger partial charge is 0.481 e. The van der Waals surface area contributed by atoms with Crippen LogP contribution in [-0.4, -0.2) is 17.6 Å². The summed E-state index contributed by atoms with van der Waals surface area (Å²) in [6.45, 7) is 0.192. The van der Waals surface area contributed by atoms with Gasteiger partial charge in [-0.1, -0.05) is 12.1 Å². The van der Waals surface area contributed by atoms with Crippen LogP contribution in [0.3, 0.4) is 0 Å². The molecule has 0 bridgehead atoms. The summed E-state index contributed by atoms with van der Waals surface area (Å²) in [7, 11) is 0. The monoisotopic (exact) mass is 234 g/mol. The Labute approximate surface area is 101 Å². The highest BCUT2D eigenvalue weighted by atomic mass is 16.4. The van der Waals surface area contributed by atoms with Gasteiger partial charge in [0.25, 0.3) is 0 Å². The van der Waals surface area contributed by atoms with Crippen molar-refractivity contribution in [3.63, 3.8) is 0 Å². The fourth-order valence-electron chi connectivity index (χ4n) is 2.36. The number of aliphatic carboxylic acids is 1. The molecule has 0 saturated heterocycles. The molecule has 0 radical (unpaired) electrons. The Morgan fingerprint density at radius 2 is 1.94 bits per heavy atom. The smallest absolute Gasteiger partial charge is 0.311 e. The zero-order valence-electron chi connectivity index (χ0n) is 9.73. The van der Waals surface area contributed by atoms with Gasteiger partial charge >= 0.3 is 5.97 Å². The van der Waals surface area contributed by atoms with E-state index >= 15 is 0 Å². The van der Waals surface area contributed by atoms with Crippen LogP contribution < -0.4 is 11.5 Å². The van der Waals surface area contributed by atoms with Crippen molar-refractivity contribution in [1.29, 1.82) is 0 Å². The van der Waals surface area contributed by atoms with Crippen LogP contribution in [0.1, 0.15) is 18.4 Å². The van der Waals surface area contributed by atoms with Crippen molar-refractivity contribution in [2.24, 2.45) is 17.1 Å². The summed E-state index contributed by atoms with van der Waals surface area (Å²) in [6, 6.07) is 7.35. The second-order valence-electron chi connectivity index (χ2n) is 4.86. The van der Waals surface area contributed by atoms with Crippen LogP contribution in [0.25, 0.3) is 0 Å². The lowest BCUT2D eigenvalue weighted by Gasteiger charge is -2.28. The van der Waals surface area contributed by atoms with Crippen molar-refractivity contribution >= 4 is 11.7 Å². The normalized spacial score (nSPS) is 18.6. The van der Waals surface area contributed by atoms with Crippen molar-refractivity contribution in [3.05, 3.63) is 29.8 Å². The molecule has 1 atom stereocenters. The number of hydrogen-bond acceptors (Lipinski definition) is 3. The average molecular weight is 234 g/mol. The summed E-state index contributed by atoms with van der Waals surface area (Å²) >= 11 is 0. The molecule has 92 valence electrons. The van der Waals surface area contributed by atoms with Gasteiger partial charge in [-0.25, -0.2) is 0 Å². The Morgan fingerprint density at radius 1 is 1.35 bits per heavy atom. The van der Waals surface area contributed by atoms with E-state index in [-0.39, 0.29) is 12.5 Å². The molecule has 0 spiro atoms.